The lowest BCUT2D eigenvalue weighted by Gasteiger charge is -2.27. The molecule has 152 valence electrons. The van der Waals surface area contributed by atoms with Crippen LogP contribution in [0.15, 0.2) is 48.5 Å². The van der Waals surface area contributed by atoms with Crippen molar-refractivity contribution in [1.29, 1.82) is 0 Å². The number of carbonyl (C=O) groups is 3. The second kappa shape index (κ2) is 9.34. The molecule has 0 spiro atoms. The maximum atomic E-state index is 12.4. The summed E-state index contributed by atoms with van der Waals surface area (Å²) < 4.78 is 5.57. The van der Waals surface area contributed by atoms with Crippen molar-refractivity contribution >= 4 is 23.4 Å². The third-order valence-electron chi connectivity index (χ3n) is 4.50. The number of rotatable bonds is 7. The lowest BCUT2D eigenvalue weighted by Crippen LogP contribution is -2.50. The zero-order valence-corrected chi connectivity index (χ0v) is 16.6. The van der Waals surface area contributed by atoms with Crippen LogP contribution >= 0.6 is 0 Å². The molecule has 1 heterocycles. The van der Waals surface area contributed by atoms with Crippen molar-refractivity contribution in [2.75, 3.05) is 5.01 Å². The summed E-state index contributed by atoms with van der Waals surface area (Å²) >= 11 is 0. The van der Waals surface area contributed by atoms with E-state index in [1.165, 1.54) is 5.01 Å². The topological polar surface area (TPSA) is 87.7 Å². The fraction of sp³-hybridized carbons (Fsp3) is 0.318. The van der Waals surface area contributed by atoms with Gasteiger partial charge in [-0.25, -0.2) is 5.01 Å². The Kier molecular flexibility index (Phi) is 6.61. The van der Waals surface area contributed by atoms with E-state index in [9.17, 15) is 14.4 Å². The van der Waals surface area contributed by atoms with Crippen molar-refractivity contribution in [2.45, 2.75) is 45.9 Å². The summed E-state index contributed by atoms with van der Waals surface area (Å²) in [5.41, 5.74) is 5.62. The highest BCUT2D eigenvalue weighted by molar-refractivity contribution is 6.01. The molecule has 3 amide bonds. The minimum Gasteiger partial charge on any atom is -0.374 e. The number of benzene rings is 2. The lowest BCUT2D eigenvalue weighted by atomic mass is 10.1. The minimum atomic E-state index is -0.210. The maximum Gasteiger partial charge on any atom is 0.251 e. The molecule has 1 fully saturated rings. The van der Waals surface area contributed by atoms with Gasteiger partial charge in [0.1, 0.15) is 0 Å². The molecule has 0 aliphatic carbocycles. The van der Waals surface area contributed by atoms with Crippen molar-refractivity contribution in [3.63, 3.8) is 0 Å². The van der Waals surface area contributed by atoms with Gasteiger partial charge in [0.2, 0.25) is 11.8 Å². The lowest BCUT2D eigenvalue weighted by molar-refractivity contribution is -0.130. The first-order valence-corrected chi connectivity index (χ1v) is 9.62. The number of nitrogens with zero attached hydrogens (tertiary/aromatic N) is 1. The van der Waals surface area contributed by atoms with Gasteiger partial charge in [-0.2, -0.15) is 0 Å². The van der Waals surface area contributed by atoms with Crippen molar-refractivity contribution in [2.24, 2.45) is 0 Å². The van der Waals surface area contributed by atoms with Crippen LogP contribution in [0.4, 0.5) is 5.69 Å². The number of hydrazine groups is 1. The van der Waals surface area contributed by atoms with Crippen LogP contribution in [0, 0.1) is 0 Å². The normalized spacial score (nSPS) is 14.1. The molecule has 0 bridgehead atoms. The van der Waals surface area contributed by atoms with Crippen LogP contribution in [0.3, 0.4) is 0 Å². The number of carbonyl (C=O) groups excluding carboxylic acids is 3. The van der Waals surface area contributed by atoms with E-state index >= 15 is 0 Å². The summed E-state index contributed by atoms with van der Waals surface area (Å²) in [4.78, 5) is 35.8. The van der Waals surface area contributed by atoms with Crippen molar-refractivity contribution in [1.82, 2.24) is 10.7 Å². The molecule has 3 rings (SSSR count). The molecule has 0 atom stereocenters. The zero-order valence-electron chi connectivity index (χ0n) is 16.6. The Labute approximate surface area is 170 Å². The summed E-state index contributed by atoms with van der Waals surface area (Å²) in [5.74, 6) is -0.588. The van der Waals surface area contributed by atoms with Crippen LogP contribution in [0.1, 0.15) is 48.2 Å². The van der Waals surface area contributed by atoms with Crippen LogP contribution < -0.4 is 15.8 Å². The predicted molar refractivity (Wildman–Crippen MR) is 109 cm³/mol. The molecule has 29 heavy (non-hydrogen) atoms. The number of hydrogen-bond acceptors (Lipinski definition) is 4. The first-order valence-electron chi connectivity index (χ1n) is 9.62. The SMILES string of the molecule is CC(C)OCc1ccc(CNC(=O)c2ccc(N3NC(=O)CCC3=O)cc2)cc1. The van der Waals surface area contributed by atoms with Gasteiger partial charge in [-0.1, -0.05) is 24.3 Å². The molecule has 2 aromatic carbocycles. The van der Waals surface area contributed by atoms with Crippen LogP contribution in [0.5, 0.6) is 0 Å². The summed E-state index contributed by atoms with van der Waals surface area (Å²) in [7, 11) is 0. The average Bonchev–Trinajstić information content (AvgIpc) is 2.73. The van der Waals surface area contributed by atoms with Crippen LogP contribution in [-0.4, -0.2) is 23.8 Å². The van der Waals surface area contributed by atoms with E-state index in [1.54, 1.807) is 24.3 Å². The monoisotopic (exact) mass is 395 g/mol. The summed E-state index contributed by atoms with van der Waals surface area (Å²) in [6.07, 6.45) is 0.558. The van der Waals surface area contributed by atoms with Gasteiger partial charge in [-0.3, -0.25) is 19.8 Å². The predicted octanol–water partition coefficient (Wildman–Crippen LogP) is 2.70. The van der Waals surface area contributed by atoms with Crippen LogP contribution in [-0.2, 0) is 27.5 Å². The second-order valence-corrected chi connectivity index (χ2v) is 7.17. The fourth-order valence-electron chi connectivity index (χ4n) is 2.85. The van der Waals surface area contributed by atoms with Gasteiger partial charge < -0.3 is 10.1 Å². The Bertz CT molecular complexity index is 876. The van der Waals surface area contributed by atoms with Gasteiger partial charge in [0.05, 0.1) is 18.4 Å². The van der Waals surface area contributed by atoms with E-state index in [0.29, 0.717) is 24.4 Å². The molecular weight excluding hydrogens is 370 g/mol. The van der Waals surface area contributed by atoms with E-state index in [0.717, 1.165) is 11.1 Å². The highest BCUT2D eigenvalue weighted by Crippen LogP contribution is 2.18. The molecule has 2 aromatic rings. The molecule has 7 nitrogen and oxygen atoms in total. The number of hydrogen-bond donors (Lipinski definition) is 2. The van der Waals surface area contributed by atoms with Crippen molar-refractivity contribution in [3.8, 4) is 0 Å². The van der Waals surface area contributed by atoms with Crippen molar-refractivity contribution in [3.05, 3.63) is 65.2 Å². The second-order valence-electron chi connectivity index (χ2n) is 7.17. The molecule has 2 N–H and O–H groups in total. The van der Waals surface area contributed by atoms with Gasteiger partial charge >= 0.3 is 0 Å². The van der Waals surface area contributed by atoms with Gasteiger partial charge in [0.25, 0.3) is 5.91 Å². The van der Waals surface area contributed by atoms with Gasteiger partial charge in [0, 0.05) is 24.9 Å². The standard InChI is InChI=1S/C22H25N3O4/c1-15(2)29-14-17-5-3-16(4-6-17)13-23-22(28)18-7-9-19(10-8-18)25-21(27)12-11-20(26)24-25/h3-10,15H,11-14H2,1-2H3,(H,23,28)(H,24,26). The maximum absolute atomic E-state index is 12.4. The zero-order chi connectivity index (χ0) is 20.8. The molecule has 1 aliphatic rings. The number of nitrogens with one attached hydrogen (secondary N) is 2. The van der Waals surface area contributed by atoms with E-state index < -0.39 is 0 Å². The van der Waals surface area contributed by atoms with E-state index in [1.807, 2.05) is 38.1 Å². The van der Waals surface area contributed by atoms with E-state index in [4.69, 9.17) is 4.74 Å². The number of anilines is 1. The molecule has 0 saturated carbocycles. The van der Waals surface area contributed by atoms with Gasteiger partial charge in [-0.15, -0.1) is 0 Å². The van der Waals surface area contributed by atoms with Crippen molar-refractivity contribution < 1.29 is 19.1 Å². The quantitative estimate of drug-likeness (QED) is 0.755. The van der Waals surface area contributed by atoms with Gasteiger partial charge in [-0.05, 0) is 49.2 Å². The first-order chi connectivity index (χ1) is 13.9. The van der Waals surface area contributed by atoms with Crippen LogP contribution in [0.2, 0.25) is 0 Å². The third kappa shape index (κ3) is 5.65. The largest absolute Gasteiger partial charge is 0.374 e. The molecule has 1 saturated heterocycles. The Morgan fingerprint density at radius 2 is 1.69 bits per heavy atom. The average molecular weight is 395 g/mol. The Hall–Kier alpha value is -3.19. The third-order valence-corrected chi connectivity index (χ3v) is 4.50. The number of ether oxygens (including phenoxy) is 1. The van der Waals surface area contributed by atoms with Crippen LogP contribution in [0.25, 0.3) is 0 Å². The highest BCUT2D eigenvalue weighted by atomic mass is 16.5. The van der Waals surface area contributed by atoms with E-state index in [-0.39, 0.29) is 36.7 Å². The first kappa shape index (κ1) is 20.5. The molecule has 0 unspecified atom stereocenters. The summed E-state index contributed by atoms with van der Waals surface area (Å²) in [6, 6.07) is 14.4. The Morgan fingerprint density at radius 1 is 1.03 bits per heavy atom. The Morgan fingerprint density at radius 3 is 2.34 bits per heavy atom. The smallest absolute Gasteiger partial charge is 0.251 e. The Balaban J connectivity index is 1.54. The fourth-order valence-corrected chi connectivity index (χ4v) is 2.85. The van der Waals surface area contributed by atoms with E-state index in [2.05, 4.69) is 10.7 Å². The molecule has 0 radical (unpaired) electrons. The molecular formula is C22H25N3O4. The highest BCUT2D eigenvalue weighted by Gasteiger charge is 2.24. The molecule has 0 aromatic heterocycles. The number of amides is 3. The molecule has 1 aliphatic heterocycles. The molecule has 7 heteroatoms. The summed E-state index contributed by atoms with van der Waals surface area (Å²) in [5, 5.41) is 4.10. The minimum absolute atomic E-state index is 0.177. The summed E-state index contributed by atoms with van der Waals surface area (Å²) in [6.45, 7) is 4.97. The van der Waals surface area contributed by atoms with Gasteiger partial charge in [0.15, 0.2) is 0 Å².